The Morgan fingerprint density at radius 1 is 1.76 bits per heavy atom. The normalized spacial score (nSPS) is 23.3. The number of nitro groups is 1. The molecule has 1 aliphatic rings. The van der Waals surface area contributed by atoms with E-state index >= 15 is 0 Å². The van der Waals surface area contributed by atoms with Gasteiger partial charge in [-0.15, -0.1) is 0 Å². The quantitative estimate of drug-likeness (QED) is 0.626. The van der Waals surface area contributed by atoms with Gasteiger partial charge in [0.15, 0.2) is 0 Å². The van der Waals surface area contributed by atoms with Gasteiger partial charge < -0.3 is 20.6 Å². The number of ether oxygens (including phenoxy) is 1. The van der Waals surface area contributed by atoms with E-state index in [4.69, 9.17) is 10.5 Å². The lowest BCUT2D eigenvalue weighted by Gasteiger charge is -2.29. The second-order valence-electron chi connectivity index (χ2n) is 4.74. The first-order valence-corrected chi connectivity index (χ1v) is 5.61. The maximum Gasteiger partial charge on any atom is 0.414 e. The number of nitrogens with zero attached hydrogens (tertiary/aromatic N) is 3. The minimum absolute atomic E-state index is 0.121. The standard InChI is InChI=1S/C10H16N4O3/c1-6(2)3-8-7(11)4-13-5-9(14(15)16)12-10(13)17-8/h5-8H,3-4,11H2,1-2H3/t7-,8+/m0/s1. The second kappa shape index (κ2) is 4.33. The Morgan fingerprint density at radius 2 is 2.47 bits per heavy atom. The maximum atomic E-state index is 10.6. The largest absolute Gasteiger partial charge is 0.441 e. The van der Waals surface area contributed by atoms with Crippen molar-refractivity contribution in [1.82, 2.24) is 9.55 Å². The SMILES string of the molecule is CC(C)C[C@H]1Oc2nc([N+](=O)[O-])cn2C[C@@H]1N. The molecule has 0 unspecified atom stereocenters. The molecule has 0 saturated carbocycles. The minimum Gasteiger partial charge on any atom is -0.441 e. The van der Waals surface area contributed by atoms with Gasteiger partial charge in [0.25, 0.3) is 0 Å². The summed E-state index contributed by atoms with van der Waals surface area (Å²) in [6, 6.07) is 0.141. The highest BCUT2D eigenvalue weighted by Crippen LogP contribution is 2.26. The van der Waals surface area contributed by atoms with Gasteiger partial charge in [0.2, 0.25) is 0 Å². The van der Waals surface area contributed by atoms with E-state index in [1.54, 1.807) is 4.57 Å². The molecular formula is C10H16N4O3. The summed E-state index contributed by atoms with van der Waals surface area (Å²) in [4.78, 5) is 13.9. The maximum absolute atomic E-state index is 10.6. The van der Waals surface area contributed by atoms with Gasteiger partial charge >= 0.3 is 11.8 Å². The molecule has 1 aromatic rings. The van der Waals surface area contributed by atoms with Crippen LogP contribution in [0.3, 0.4) is 0 Å². The molecule has 17 heavy (non-hydrogen) atoms. The molecule has 94 valence electrons. The van der Waals surface area contributed by atoms with E-state index in [-0.39, 0.29) is 18.0 Å². The minimum atomic E-state index is -0.530. The van der Waals surface area contributed by atoms with E-state index in [0.29, 0.717) is 18.5 Å². The van der Waals surface area contributed by atoms with Crippen molar-refractivity contribution in [2.75, 3.05) is 0 Å². The predicted octanol–water partition coefficient (Wildman–Crippen LogP) is 0.926. The smallest absolute Gasteiger partial charge is 0.414 e. The fourth-order valence-corrected chi connectivity index (χ4v) is 1.95. The van der Waals surface area contributed by atoms with Crippen molar-refractivity contribution in [2.24, 2.45) is 11.7 Å². The van der Waals surface area contributed by atoms with Crippen LogP contribution >= 0.6 is 0 Å². The third kappa shape index (κ3) is 2.38. The zero-order valence-electron chi connectivity index (χ0n) is 9.87. The first kappa shape index (κ1) is 11.8. The number of hydrogen-bond donors (Lipinski definition) is 1. The van der Waals surface area contributed by atoms with Gasteiger partial charge in [-0.25, -0.2) is 0 Å². The molecule has 0 bridgehead atoms. The molecule has 0 saturated heterocycles. The van der Waals surface area contributed by atoms with E-state index in [1.807, 2.05) is 0 Å². The number of imidazole rings is 1. The van der Waals surface area contributed by atoms with Crippen LogP contribution in [0.15, 0.2) is 6.20 Å². The summed E-state index contributed by atoms with van der Waals surface area (Å²) in [5.41, 5.74) is 5.98. The Kier molecular flexibility index (Phi) is 3.01. The van der Waals surface area contributed by atoms with Gasteiger partial charge in [-0.1, -0.05) is 13.8 Å². The molecule has 2 heterocycles. The number of fused-ring (bicyclic) bond motifs is 1. The Balaban J connectivity index is 2.19. The average molecular weight is 240 g/mol. The summed E-state index contributed by atoms with van der Waals surface area (Å²) in [6.07, 6.45) is 2.06. The lowest BCUT2D eigenvalue weighted by atomic mass is 10.00. The lowest BCUT2D eigenvalue weighted by molar-refractivity contribution is -0.389. The van der Waals surface area contributed by atoms with E-state index < -0.39 is 4.92 Å². The van der Waals surface area contributed by atoms with Gasteiger partial charge in [-0.05, 0) is 17.3 Å². The molecule has 0 amide bonds. The van der Waals surface area contributed by atoms with Gasteiger partial charge in [-0.3, -0.25) is 4.57 Å². The zero-order chi connectivity index (χ0) is 12.6. The van der Waals surface area contributed by atoms with Crippen LogP contribution in [0.4, 0.5) is 5.82 Å². The van der Waals surface area contributed by atoms with E-state index in [9.17, 15) is 10.1 Å². The highest BCUT2D eigenvalue weighted by molar-refractivity contribution is 5.22. The van der Waals surface area contributed by atoms with Crippen LogP contribution in [-0.2, 0) is 6.54 Å². The highest BCUT2D eigenvalue weighted by Gasteiger charge is 2.33. The van der Waals surface area contributed by atoms with Crippen molar-refractivity contribution in [3.05, 3.63) is 16.3 Å². The van der Waals surface area contributed by atoms with Gasteiger partial charge in [0.05, 0.1) is 6.04 Å². The second-order valence-corrected chi connectivity index (χ2v) is 4.74. The average Bonchev–Trinajstić information content (AvgIpc) is 2.60. The highest BCUT2D eigenvalue weighted by atomic mass is 16.6. The molecule has 0 aliphatic carbocycles. The van der Waals surface area contributed by atoms with Crippen LogP contribution in [0.1, 0.15) is 20.3 Å². The summed E-state index contributed by atoms with van der Waals surface area (Å²) in [5.74, 6) is 0.264. The lowest BCUT2D eigenvalue weighted by Crippen LogP contribution is -2.46. The molecule has 2 N–H and O–H groups in total. The monoisotopic (exact) mass is 240 g/mol. The van der Waals surface area contributed by atoms with Crippen molar-refractivity contribution < 1.29 is 9.66 Å². The molecule has 0 aromatic carbocycles. The van der Waals surface area contributed by atoms with Crippen molar-refractivity contribution >= 4 is 5.82 Å². The van der Waals surface area contributed by atoms with E-state index in [1.165, 1.54) is 6.20 Å². The van der Waals surface area contributed by atoms with Gasteiger partial charge in [-0.2, -0.15) is 0 Å². The third-order valence-corrected chi connectivity index (χ3v) is 2.76. The van der Waals surface area contributed by atoms with Gasteiger partial charge in [0, 0.05) is 11.5 Å². The Labute approximate surface area is 98.7 Å². The summed E-state index contributed by atoms with van der Waals surface area (Å²) in [6.45, 7) is 4.67. The van der Waals surface area contributed by atoms with Crippen LogP contribution in [0.25, 0.3) is 0 Å². The number of aromatic nitrogens is 2. The molecule has 0 spiro atoms. The van der Waals surface area contributed by atoms with E-state index in [2.05, 4.69) is 18.8 Å². The first-order chi connectivity index (χ1) is 7.97. The van der Waals surface area contributed by atoms with Crippen LogP contribution in [0.2, 0.25) is 0 Å². The van der Waals surface area contributed by atoms with Crippen LogP contribution < -0.4 is 10.5 Å². The van der Waals surface area contributed by atoms with Gasteiger partial charge in [0.1, 0.15) is 12.3 Å². The topological polar surface area (TPSA) is 96.2 Å². The molecule has 2 atom stereocenters. The molecule has 7 nitrogen and oxygen atoms in total. The first-order valence-electron chi connectivity index (χ1n) is 5.61. The van der Waals surface area contributed by atoms with Crippen molar-refractivity contribution in [3.8, 4) is 6.01 Å². The van der Waals surface area contributed by atoms with Crippen LogP contribution in [-0.4, -0.2) is 26.6 Å². The fourth-order valence-electron chi connectivity index (χ4n) is 1.95. The fraction of sp³-hybridized carbons (Fsp3) is 0.700. The zero-order valence-corrected chi connectivity index (χ0v) is 9.87. The predicted molar refractivity (Wildman–Crippen MR) is 60.7 cm³/mol. The third-order valence-electron chi connectivity index (χ3n) is 2.76. The van der Waals surface area contributed by atoms with Crippen molar-refractivity contribution in [2.45, 2.75) is 39.0 Å². The number of nitrogens with two attached hydrogens (primary N) is 1. The molecule has 7 heteroatoms. The van der Waals surface area contributed by atoms with Crippen LogP contribution in [0.5, 0.6) is 6.01 Å². The summed E-state index contributed by atoms with van der Waals surface area (Å²) < 4.78 is 7.21. The van der Waals surface area contributed by atoms with Crippen LogP contribution in [0, 0.1) is 16.0 Å². The Morgan fingerprint density at radius 3 is 3.06 bits per heavy atom. The molecule has 0 radical (unpaired) electrons. The Bertz CT molecular complexity index is 429. The Hall–Kier alpha value is -1.63. The van der Waals surface area contributed by atoms with Crippen molar-refractivity contribution in [1.29, 1.82) is 0 Å². The molecule has 0 fully saturated rings. The summed E-state index contributed by atoms with van der Waals surface area (Å²) in [7, 11) is 0. The van der Waals surface area contributed by atoms with E-state index in [0.717, 1.165) is 6.42 Å². The van der Waals surface area contributed by atoms with Crippen molar-refractivity contribution in [3.63, 3.8) is 0 Å². The molecule has 1 aliphatic heterocycles. The molecule has 2 rings (SSSR count). The summed E-state index contributed by atoms with van der Waals surface area (Å²) in [5, 5.41) is 10.6. The summed E-state index contributed by atoms with van der Waals surface area (Å²) >= 11 is 0. The molecule has 1 aromatic heterocycles. The molecular weight excluding hydrogens is 224 g/mol. The number of hydrogen-bond acceptors (Lipinski definition) is 5. The number of rotatable bonds is 3.